The molecule has 2 rings (SSSR count). The normalized spacial score (nSPS) is 23.1. The van der Waals surface area contributed by atoms with Crippen LogP contribution in [0.2, 0.25) is 10.0 Å². The molecular formula is C15H19Cl2NO2. The van der Waals surface area contributed by atoms with Crippen LogP contribution >= 0.6 is 23.2 Å². The molecule has 1 fully saturated rings. The van der Waals surface area contributed by atoms with Crippen LogP contribution in [0.25, 0.3) is 0 Å². The first kappa shape index (κ1) is 15.6. The van der Waals surface area contributed by atoms with Gasteiger partial charge in [-0.05, 0) is 37.1 Å². The number of hydrogen-bond donors (Lipinski definition) is 1. The Kier molecular flexibility index (Phi) is 4.95. The maximum absolute atomic E-state index is 11.6. The van der Waals surface area contributed by atoms with E-state index in [1.165, 1.54) is 0 Å². The molecule has 0 bridgehead atoms. The van der Waals surface area contributed by atoms with Crippen LogP contribution in [0.4, 0.5) is 0 Å². The predicted molar refractivity (Wildman–Crippen MR) is 81.3 cm³/mol. The number of likely N-dealkylation sites (tertiary alicyclic amines) is 1. The Labute approximate surface area is 129 Å². The summed E-state index contributed by atoms with van der Waals surface area (Å²) < 4.78 is 0. The summed E-state index contributed by atoms with van der Waals surface area (Å²) >= 11 is 12.1. The summed E-state index contributed by atoms with van der Waals surface area (Å²) in [6.45, 7) is 4.10. The van der Waals surface area contributed by atoms with Gasteiger partial charge < -0.3 is 5.11 Å². The summed E-state index contributed by atoms with van der Waals surface area (Å²) in [4.78, 5) is 13.7. The van der Waals surface area contributed by atoms with Gasteiger partial charge in [-0.15, -0.1) is 0 Å². The smallest absolute Gasteiger partial charge is 0.310 e. The first-order valence-electron chi connectivity index (χ1n) is 6.86. The average Bonchev–Trinajstić information content (AvgIpc) is 2.78. The molecule has 1 saturated heterocycles. The maximum atomic E-state index is 11.6. The molecule has 1 unspecified atom stereocenters. The van der Waals surface area contributed by atoms with E-state index in [0.717, 1.165) is 24.9 Å². The molecule has 5 heteroatoms. The number of halogens is 2. The second-order valence-electron chi connectivity index (χ2n) is 5.53. The zero-order chi connectivity index (χ0) is 14.8. The van der Waals surface area contributed by atoms with Gasteiger partial charge in [0.2, 0.25) is 0 Å². The van der Waals surface area contributed by atoms with Crippen molar-refractivity contribution in [2.45, 2.75) is 32.7 Å². The molecule has 3 nitrogen and oxygen atoms in total. The minimum absolute atomic E-state index is 0.590. The van der Waals surface area contributed by atoms with E-state index in [0.29, 0.717) is 29.6 Å². The van der Waals surface area contributed by atoms with E-state index in [1.54, 1.807) is 6.07 Å². The van der Waals surface area contributed by atoms with Crippen molar-refractivity contribution in [3.63, 3.8) is 0 Å². The minimum Gasteiger partial charge on any atom is -0.481 e. The van der Waals surface area contributed by atoms with Crippen LogP contribution in [0, 0.1) is 5.41 Å². The minimum atomic E-state index is -0.677. The highest BCUT2D eigenvalue weighted by atomic mass is 35.5. The zero-order valence-corrected chi connectivity index (χ0v) is 13.0. The predicted octanol–water partition coefficient (Wildman–Crippen LogP) is 4.07. The van der Waals surface area contributed by atoms with E-state index in [4.69, 9.17) is 23.2 Å². The van der Waals surface area contributed by atoms with Crippen LogP contribution in [0.15, 0.2) is 18.2 Å². The lowest BCUT2D eigenvalue weighted by atomic mass is 9.83. The molecule has 1 aromatic rings. The van der Waals surface area contributed by atoms with Crippen LogP contribution in [-0.4, -0.2) is 29.1 Å². The fourth-order valence-electron chi connectivity index (χ4n) is 2.95. The van der Waals surface area contributed by atoms with Crippen LogP contribution in [0.1, 0.15) is 31.7 Å². The Bertz CT molecular complexity index is 507. The molecule has 1 N–H and O–H groups in total. The third-order valence-electron chi connectivity index (χ3n) is 4.02. The van der Waals surface area contributed by atoms with E-state index >= 15 is 0 Å². The van der Waals surface area contributed by atoms with Gasteiger partial charge in [-0.2, -0.15) is 0 Å². The Balaban J connectivity index is 2.07. The van der Waals surface area contributed by atoms with Gasteiger partial charge in [0.1, 0.15) is 0 Å². The topological polar surface area (TPSA) is 40.5 Å². The number of nitrogens with zero attached hydrogens (tertiary/aromatic N) is 1. The summed E-state index contributed by atoms with van der Waals surface area (Å²) in [7, 11) is 0. The molecule has 0 amide bonds. The lowest BCUT2D eigenvalue weighted by Gasteiger charge is -2.24. The third-order valence-corrected chi connectivity index (χ3v) is 4.61. The van der Waals surface area contributed by atoms with Crippen LogP contribution in [-0.2, 0) is 11.3 Å². The third kappa shape index (κ3) is 3.27. The molecular weight excluding hydrogens is 297 g/mol. The Morgan fingerprint density at radius 2 is 2.20 bits per heavy atom. The summed E-state index contributed by atoms with van der Waals surface area (Å²) in [5.41, 5.74) is 0.405. The number of carboxylic acid groups (broad SMARTS) is 1. The van der Waals surface area contributed by atoms with Crippen LogP contribution < -0.4 is 0 Å². The first-order valence-corrected chi connectivity index (χ1v) is 7.62. The summed E-state index contributed by atoms with van der Waals surface area (Å²) in [5, 5.41) is 10.8. The fraction of sp³-hybridized carbons (Fsp3) is 0.533. The second-order valence-corrected chi connectivity index (χ2v) is 6.38. The zero-order valence-electron chi connectivity index (χ0n) is 11.5. The molecule has 1 aliphatic rings. The Hall–Kier alpha value is -0.770. The number of benzene rings is 1. The van der Waals surface area contributed by atoms with Gasteiger partial charge in [0.15, 0.2) is 0 Å². The number of carbonyl (C=O) groups is 1. The lowest BCUT2D eigenvalue weighted by molar-refractivity contribution is -0.148. The maximum Gasteiger partial charge on any atom is 0.310 e. The summed E-state index contributed by atoms with van der Waals surface area (Å²) in [6, 6.07) is 5.45. The molecule has 1 aliphatic heterocycles. The fourth-order valence-corrected chi connectivity index (χ4v) is 3.42. The van der Waals surface area contributed by atoms with E-state index in [9.17, 15) is 9.90 Å². The molecule has 0 aliphatic carbocycles. The summed E-state index contributed by atoms with van der Waals surface area (Å²) in [6.07, 6.45) is 2.33. The van der Waals surface area contributed by atoms with Crippen LogP contribution in [0.5, 0.6) is 0 Å². The van der Waals surface area contributed by atoms with Gasteiger partial charge in [0.05, 0.1) is 5.41 Å². The largest absolute Gasteiger partial charge is 0.481 e. The van der Waals surface area contributed by atoms with Crippen molar-refractivity contribution in [2.75, 3.05) is 13.1 Å². The highest BCUT2D eigenvalue weighted by molar-refractivity contribution is 6.35. The van der Waals surface area contributed by atoms with Gasteiger partial charge in [0, 0.05) is 23.1 Å². The van der Waals surface area contributed by atoms with Gasteiger partial charge in [-0.25, -0.2) is 0 Å². The molecule has 1 atom stereocenters. The Morgan fingerprint density at radius 1 is 1.45 bits per heavy atom. The number of hydrogen-bond acceptors (Lipinski definition) is 2. The highest BCUT2D eigenvalue weighted by Crippen LogP contribution is 2.36. The van der Waals surface area contributed by atoms with E-state index in [1.807, 2.05) is 19.1 Å². The summed E-state index contributed by atoms with van der Waals surface area (Å²) in [5.74, 6) is -0.677. The molecule has 0 radical (unpaired) electrons. The van der Waals surface area contributed by atoms with Crippen molar-refractivity contribution in [1.82, 2.24) is 4.90 Å². The number of rotatable bonds is 5. The molecule has 0 spiro atoms. The van der Waals surface area contributed by atoms with Crippen LogP contribution in [0.3, 0.4) is 0 Å². The second kappa shape index (κ2) is 6.33. The molecule has 1 aromatic carbocycles. The van der Waals surface area contributed by atoms with E-state index < -0.39 is 11.4 Å². The van der Waals surface area contributed by atoms with Gasteiger partial charge in [0.25, 0.3) is 0 Å². The highest BCUT2D eigenvalue weighted by Gasteiger charge is 2.43. The molecule has 1 heterocycles. The van der Waals surface area contributed by atoms with Crippen molar-refractivity contribution in [1.29, 1.82) is 0 Å². The monoisotopic (exact) mass is 315 g/mol. The molecule has 110 valence electrons. The van der Waals surface area contributed by atoms with Gasteiger partial charge in [-0.3, -0.25) is 9.69 Å². The molecule has 0 saturated carbocycles. The standard InChI is InChI=1S/C15H19Cl2NO2/c1-2-5-15(14(19)20)6-7-18(10-15)9-11-3-4-12(16)8-13(11)17/h3-4,8H,2,5-7,9-10H2,1H3,(H,19,20). The van der Waals surface area contributed by atoms with Gasteiger partial charge in [-0.1, -0.05) is 42.6 Å². The van der Waals surface area contributed by atoms with Crippen molar-refractivity contribution >= 4 is 29.2 Å². The quantitative estimate of drug-likeness (QED) is 0.890. The van der Waals surface area contributed by atoms with E-state index in [-0.39, 0.29) is 0 Å². The lowest BCUT2D eigenvalue weighted by Crippen LogP contribution is -2.34. The SMILES string of the molecule is CCCC1(C(=O)O)CCN(Cc2ccc(Cl)cc2Cl)C1. The van der Waals surface area contributed by atoms with Gasteiger partial charge >= 0.3 is 5.97 Å². The number of aliphatic carboxylic acids is 1. The number of carboxylic acids is 1. The van der Waals surface area contributed by atoms with E-state index in [2.05, 4.69) is 4.90 Å². The molecule has 0 aromatic heterocycles. The van der Waals surface area contributed by atoms with Crippen molar-refractivity contribution in [2.24, 2.45) is 5.41 Å². The average molecular weight is 316 g/mol. The Morgan fingerprint density at radius 3 is 2.80 bits per heavy atom. The first-order chi connectivity index (χ1) is 9.47. The van der Waals surface area contributed by atoms with Crippen molar-refractivity contribution < 1.29 is 9.90 Å². The molecule has 20 heavy (non-hydrogen) atoms. The van der Waals surface area contributed by atoms with Crippen molar-refractivity contribution in [3.05, 3.63) is 33.8 Å². The van der Waals surface area contributed by atoms with Crippen molar-refractivity contribution in [3.8, 4) is 0 Å².